The molecule has 1 fully saturated rings. The fourth-order valence-corrected chi connectivity index (χ4v) is 2.54. The van der Waals surface area contributed by atoms with E-state index >= 15 is 0 Å². The third-order valence-corrected chi connectivity index (χ3v) is 3.81. The van der Waals surface area contributed by atoms with Crippen molar-refractivity contribution < 1.29 is 4.79 Å². The Morgan fingerprint density at radius 2 is 1.94 bits per heavy atom. The molecule has 0 aromatic heterocycles. The molecule has 0 atom stereocenters. The molecule has 0 bridgehead atoms. The highest BCUT2D eigenvalue weighted by atomic mass is 32.2. The molecule has 1 aliphatic heterocycles. The number of thioether (sulfide) groups is 1. The summed E-state index contributed by atoms with van der Waals surface area (Å²) in [6.07, 6.45) is 5.45. The van der Waals surface area contributed by atoms with Gasteiger partial charge in [0.05, 0.1) is 0 Å². The van der Waals surface area contributed by atoms with Gasteiger partial charge in [-0.3, -0.25) is 0 Å². The topological polar surface area (TPSA) is 32.3 Å². The lowest BCUT2D eigenvalue weighted by atomic mass is 10.1. The van der Waals surface area contributed by atoms with E-state index in [1.807, 2.05) is 28.8 Å². The minimum Gasteiger partial charge on any atom is -0.325 e. The van der Waals surface area contributed by atoms with Crippen molar-refractivity contribution in [1.82, 2.24) is 4.90 Å². The predicted octanol–water partition coefficient (Wildman–Crippen LogP) is 3.22. The Morgan fingerprint density at radius 1 is 1.28 bits per heavy atom. The maximum atomic E-state index is 11.9. The van der Waals surface area contributed by atoms with E-state index in [1.54, 1.807) is 0 Å². The van der Waals surface area contributed by atoms with Crippen LogP contribution in [-0.4, -0.2) is 36.0 Å². The summed E-state index contributed by atoms with van der Waals surface area (Å²) in [5.41, 5.74) is 2.21. The van der Waals surface area contributed by atoms with Gasteiger partial charge in [-0.1, -0.05) is 12.1 Å². The fourth-order valence-electron chi connectivity index (χ4n) is 2.10. The number of hydrogen-bond acceptors (Lipinski definition) is 2. The van der Waals surface area contributed by atoms with Crippen LogP contribution in [-0.2, 0) is 6.42 Å². The second kappa shape index (κ2) is 6.69. The van der Waals surface area contributed by atoms with Crippen LogP contribution in [0.1, 0.15) is 18.4 Å². The summed E-state index contributed by atoms with van der Waals surface area (Å²) in [6, 6.07) is 8.20. The molecule has 1 aliphatic rings. The molecule has 0 spiro atoms. The second-order valence-corrected chi connectivity index (χ2v) is 5.55. The minimum atomic E-state index is 0.0318. The molecule has 2 rings (SSSR count). The number of likely N-dealkylation sites (tertiary alicyclic amines) is 1. The van der Waals surface area contributed by atoms with Gasteiger partial charge in [0.2, 0.25) is 0 Å². The van der Waals surface area contributed by atoms with E-state index in [0.717, 1.165) is 43.8 Å². The normalized spacial score (nSPS) is 14.8. The summed E-state index contributed by atoms with van der Waals surface area (Å²) >= 11 is 1.85. The van der Waals surface area contributed by atoms with Gasteiger partial charge >= 0.3 is 6.03 Å². The Hall–Kier alpha value is -1.16. The van der Waals surface area contributed by atoms with Gasteiger partial charge in [0.1, 0.15) is 0 Å². The smallest absolute Gasteiger partial charge is 0.321 e. The Labute approximate surface area is 113 Å². The van der Waals surface area contributed by atoms with Gasteiger partial charge in [0.15, 0.2) is 0 Å². The molecular weight excluding hydrogens is 244 g/mol. The van der Waals surface area contributed by atoms with Crippen molar-refractivity contribution in [2.45, 2.75) is 19.3 Å². The molecule has 98 valence electrons. The van der Waals surface area contributed by atoms with Gasteiger partial charge in [0, 0.05) is 18.8 Å². The number of amides is 2. The molecule has 18 heavy (non-hydrogen) atoms. The van der Waals surface area contributed by atoms with Crippen molar-refractivity contribution in [1.29, 1.82) is 0 Å². The molecule has 1 N–H and O–H groups in total. The summed E-state index contributed by atoms with van der Waals surface area (Å²) in [6.45, 7) is 1.77. The van der Waals surface area contributed by atoms with Crippen LogP contribution in [0.25, 0.3) is 0 Å². The first-order valence-electron chi connectivity index (χ1n) is 6.43. The van der Waals surface area contributed by atoms with Crippen LogP contribution in [0.5, 0.6) is 0 Å². The zero-order valence-electron chi connectivity index (χ0n) is 10.8. The van der Waals surface area contributed by atoms with Crippen molar-refractivity contribution in [3.8, 4) is 0 Å². The third-order valence-electron chi connectivity index (χ3n) is 3.19. The molecule has 1 saturated heterocycles. The zero-order valence-corrected chi connectivity index (χ0v) is 11.6. The molecular formula is C14H20N2OS. The number of carbonyl (C=O) groups is 1. The molecule has 0 unspecified atom stereocenters. The van der Waals surface area contributed by atoms with Crippen LogP contribution in [0.4, 0.5) is 10.5 Å². The number of benzene rings is 1. The maximum Gasteiger partial charge on any atom is 0.321 e. The molecule has 1 heterocycles. The Bertz CT molecular complexity index is 385. The standard InChI is InChI=1S/C14H20N2OS/c1-18-11-8-12-4-6-13(7-5-12)15-14(17)16-9-2-3-10-16/h4-7H,2-3,8-11H2,1H3,(H,15,17). The van der Waals surface area contributed by atoms with E-state index in [-0.39, 0.29) is 6.03 Å². The first-order valence-corrected chi connectivity index (χ1v) is 7.83. The van der Waals surface area contributed by atoms with Crippen LogP contribution in [0, 0.1) is 0 Å². The van der Waals surface area contributed by atoms with Crippen molar-refractivity contribution in [3.63, 3.8) is 0 Å². The molecule has 1 aromatic carbocycles. The molecule has 2 amide bonds. The van der Waals surface area contributed by atoms with Crippen molar-refractivity contribution in [2.24, 2.45) is 0 Å². The first-order chi connectivity index (χ1) is 8.79. The van der Waals surface area contributed by atoms with Crippen LogP contribution < -0.4 is 5.32 Å². The summed E-state index contributed by atoms with van der Waals surface area (Å²) in [4.78, 5) is 13.8. The number of aryl methyl sites for hydroxylation is 1. The summed E-state index contributed by atoms with van der Waals surface area (Å²) in [5, 5.41) is 2.95. The SMILES string of the molecule is CSCCc1ccc(NC(=O)N2CCCC2)cc1. The Kier molecular flexibility index (Phi) is 4.93. The number of carbonyl (C=O) groups excluding carboxylic acids is 1. The molecule has 0 saturated carbocycles. The van der Waals surface area contributed by atoms with E-state index in [1.165, 1.54) is 5.56 Å². The monoisotopic (exact) mass is 264 g/mol. The summed E-state index contributed by atoms with van der Waals surface area (Å²) < 4.78 is 0. The summed E-state index contributed by atoms with van der Waals surface area (Å²) in [5.74, 6) is 1.14. The lowest BCUT2D eigenvalue weighted by Crippen LogP contribution is -2.32. The lowest BCUT2D eigenvalue weighted by Gasteiger charge is -2.16. The van der Waals surface area contributed by atoms with Gasteiger partial charge < -0.3 is 10.2 Å². The summed E-state index contributed by atoms with van der Waals surface area (Å²) in [7, 11) is 0. The predicted molar refractivity (Wildman–Crippen MR) is 78.4 cm³/mol. The highest BCUT2D eigenvalue weighted by molar-refractivity contribution is 7.98. The number of hydrogen-bond donors (Lipinski definition) is 1. The fraction of sp³-hybridized carbons (Fsp3) is 0.500. The minimum absolute atomic E-state index is 0.0318. The Morgan fingerprint density at radius 3 is 2.56 bits per heavy atom. The van der Waals surface area contributed by atoms with E-state index in [0.29, 0.717) is 0 Å². The first kappa shape index (κ1) is 13.3. The van der Waals surface area contributed by atoms with E-state index in [9.17, 15) is 4.79 Å². The van der Waals surface area contributed by atoms with E-state index in [4.69, 9.17) is 0 Å². The number of nitrogens with one attached hydrogen (secondary N) is 1. The van der Waals surface area contributed by atoms with E-state index in [2.05, 4.69) is 23.7 Å². The van der Waals surface area contributed by atoms with Crippen molar-refractivity contribution >= 4 is 23.5 Å². The Balaban J connectivity index is 1.87. The highest BCUT2D eigenvalue weighted by Crippen LogP contribution is 2.14. The van der Waals surface area contributed by atoms with Crippen LogP contribution in [0.3, 0.4) is 0 Å². The maximum absolute atomic E-state index is 11.9. The van der Waals surface area contributed by atoms with Gasteiger partial charge in [-0.15, -0.1) is 0 Å². The van der Waals surface area contributed by atoms with Crippen molar-refractivity contribution in [2.75, 3.05) is 30.4 Å². The second-order valence-electron chi connectivity index (χ2n) is 4.56. The van der Waals surface area contributed by atoms with Gasteiger partial charge in [0.25, 0.3) is 0 Å². The lowest BCUT2D eigenvalue weighted by molar-refractivity contribution is 0.222. The molecule has 1 aromatic rings. The van der Waals surface area contributed by atoms with Gasteiger partial charge in [-0.2, -0.15) is 11.8 Å². The molecule has 0 radical (unpaired) electrons. The van der Waals surface area contributed by atoms with Gasteiger partial charge in [-0.05, 0) is 49.0 Å². The average molecular weight is 264 g/mol. The zero-order chi connectivity index (χ0) is 12.8. The highest BCUT2D eigenvalue weighted by Gasteiger charge is 2.17. The third kappa shape index (κ3) is 3.67. The largest absolute Gasteiger partial charge is 0.325 e. The molecule has 4 heteroatoms. The average Bonchev–Trinajstić information content (AvgIpc) is 2.92. The van der Waals surface area contributed by atoms with Crippen LogP contribution >= 0.6 is 11.8 Å². The molecule has 3 nitrogen and oxygen atoms in total. The van der Waals surface area contributed by atoms with Crippen molar-refractivity contribution in [3.05, 3.63) is 29.8 Å². The number of anilines is 1. The number of rotatable bonds is 4. The number of nitrogens with zero attached hydrogens (tertiary/aromatic N) is 1. The van der Waals surface area contributed by atoms with Crippen LogP contribution in [0.2, 0.25) is 0 Å². The number of urea groups is 1. The quantitative estimate of drug-likeness (QED) is 0.905. The van der Waals surface area contributed by atoms with Crippen LogP contribution in [0.15, 0.2) is 24.3 Å². The van der Waals surface area contributed by atoms with Gasteiger partial charge in [-0.25, -0.2) is 4.79 Å². The van der Waals surface area contributed by atoms with E-state index < -0.39 is 0 Å². The molecule has 0 aliphatic carbocycles.